The standard InChI is InChI=1S/C17H24N2O5.C15H20F2N2O6.C15H22N2O5.C14H21N3O4.C13H19FN4O4.C13H19N3O5/c1-17(2,3)24-16(22)19-13(15(20)21)9-23-14-8-11(10-4-5-10)6-7-12(14)18;1-15(2,3)25-14(22)19-10(12(20)21)7-23-11-6-8(24-13(16)17)4-5-9(11)18;1-15(2,3)22-14(20)17-11(13(18)19)8-9-21-12-7-5-4-6-10(12)16;1-14(2,3)21-13(20)17-11(12(18)19)8-16-10-7-5-4-6-9(10)15;1-13(2,3)22-12(21)18-9(11(19)20)6-17-10-8(15)4-7(14)5-16-10;1-13(2,3)21-12(19)16-9(11(17)18)7-20-10-4-5-15-6-8(10)14/h6-8,10,13H,4-5,9,18H2,1-3H3,(H,19,22)(H,20,21);4-6,10,13H,7,18H2,1-3H3,(H,19,22)(H,20,21);4-7,11H,8-9,16H2,1-3H3,(H,17,20)(H,18,19);4-7,11,16H,8,15H2,1-3H3,(H,17,20)(H,18,19);4-5,9H,6,15H2,1-3H3,(H,16,17)(H,18,21)(H,19,20);4-6,9H,7,14H2,1-3H3,(H,16,19)(H,17,18)/t13-;10-;2*11-;2*9-/m000000/s1. The number of ether oxygens (including phenoxy) is 11. The quantitative estimate of drug-likeness (QED) is 0.0132. The third kappa shape index (κ3) is 51.9. The first-order valence-electron chi connectivity index (χ1n) is 41.1. The van der Waals surface area contributed by atoms with Gasteiger partial charge in [0.1, 0.15) is 112 Å². The number of carboxylic acids is 6. The van der Waals surface area contributed by atoms with Crippen molar-refractivity contribution >= 4 is 118 Å². The second-order valence-corrected chi connectivity index (χ2v) is 34.8. The summed E-state index contributed by atoms with van der Waals surface area (Å²) < 4.78 is 93.0. The van der Waals surface area contributed by atoms with E-state index in [1.807, 2.05) is 12.1 Å². The summed E-state index contributed by atoms with van der Waals surface area (Å²) in [6.07, 6.45) is 1.15. The largest absolute Gasteiger partial charge is 0.491 e. The molecule has 135 heavy (non-hydrogen) atoms. The van der Waals surface area contributed by atoms with Gasteiger partial charge in [-0.25, -0.2) is 66.9 Å². The molecule has 45 nitrogen and oxygen atoms in total. The number of nitrogens with zero attached hydrogens (tertiary/aromatic N) is 2. The maximum Gasteiger partial charge on any atom is 0.408 e. The molecule has 0 spiro atoms. The van der Waals surface area contributed by atoms with Gasteiger partial charge in [0.15, 0.2) is 18.1 Å². The number of hydrogen-bond donors (Lipinski definition) is 20. The van der Waals surface area contributed by atoms with Gasteiger partial charge in [0.05, 0.1) is 58.8 Å². The summed E-state index contributed by atoms with van der Waals surface area (Å²) in [6.45, 7) is 26.0. The molecule has 0 radical (unpaired) electrons. The van der Waals surface area contributed by atoms with E-state index in [1.54, 1.807) is 179 Å². The summed E-state index contributed by atoms with van der Waals surface area (Å²) in [5, 5.41) is 73.8. The van der Waals surface area contributed by atoms with Crippen LogP contribution in [0.3, 0.4) is 0 Å². The van der Waals surface area contributed by atoms with Gasteiger partial charge in [-0.3, -0.25) is 4.98 Å². The molecule has 1 fully saturated rings. The molecule has 2 heterocycles. The van der Waals surface area contributed by atoms with E-state index in [-0.39, 0.29) is 73.7 Å². The predicted octanol–water partition coefficient (Wildman–Crippen LogP) is 10.6. The van der Waals surface area contributed by atoms with Crippen molar-refractivity contribution < 1.29 is 153 Å². The minimum absolute atomic E-state index is 0.0111. The number of hydrogen-bond acceptors (Lipinski definition) is 33. The Hall–Kier alpha value is -15.2. The molecular weight excluding hydrogens is 1790 g/mol. The van der Waals surface area contributed by atoms with Crippen LogP contribution in [0, 0.1) is 5.82 Å². The summed E-state index contributed by atoms with van der Waals surface area (Å²) in [5.74, 6) is -6.43. The van der Waals surface area contributed by atoms with Crippen molar-refractivity contribution in [2.45, 2.75) is 226 Å². The monoisotopic (exact) mass is 1910 g/mol. The number of alkyl carbamates (subject to hydrolysis) is 6. The zero-order valence-corrected chi connectivity index (χ0v) is 78.0. The fourth-order valence-corrected chi connectivity index (χ4v) is 9.66. The third-order valence-electron chi connectivity index (χ3n) is 15.7. The second kappa shape index (κ2) is 54.0. The number of halogens is 3. The molecule has 7 rings (SSSR count). The van der Waals surface area contributed by atoms with Crippen molar-refractivity contribution in [3.63, 3.8) is 0 Å². The van der Waals surface area contributed by atoms with E-state index in [0.717, 1.165) is 36.7 Å². The lowest BCUT2D eigenvalue weighted by atomic mass is 10.1. The van der Waals surface area contributed by atoms with Crippen LogP contribution in [0.5, 0.6) is 28.7 Å². The number of benzene rings is 4. The summed E-state index contributed by atoms with van der Waals surface area (Å²) in [6, 6.07) is 18.1. The number of amides is 6. The molecule has 6 aromatic rings. The lowest BCUT2D eigenvalue weighted by molar-refractivity contribution is -0.141. The van der Waals surface area contributed by atoms with Crippen LogP contribution < -0.4 is 101 Å². The molecule has 1 saturated carbocycles. The van der Waals surface area contributed by atoms with E-state index in [0.29, 0.717) is 45.9 Å². The number of aromatic nitrogens is 2. The van der Waals surface area contributed by atoms with Gasteiger partial charge >= 0.3 is 79.0 Å². The third-order valence-corrected chi connectivity index (χ3v) is 15.7. The van der Waals surface area contributed by atoms with Crippen LogP contribution >= 0.6 is 0 Å². The smallest absolute Gasteiger partial charge is 0.408 e. The molecule has 6 atom stereocenters. The normalized spacial score (nSPS) is 12.9. The number of aliphatic carboxylic acids is 6. The number of rotatable bonds is 34. The van der Waals surface area contributed by atoms with Crippen LogP contribution in [0.1, 0.15) is 155 Å². The highest BCUT2D eigenvalue weighted by Crippen LogP contribution is 2.42. The first kappa shape index (κ1) is 116. The highest BCUT2D eigenvalue weighted by atomic mass is 19.3. The lowest BCUT2D eigenvalue weighted by Crippen LogP contribution is -2.47. The number of pyridine rings is 2. The number of carbonyl (C=O) groups excluding carboxylic acids is 6. The summed E-state index contributed by atoms with van der Waals surface area (Å²) in [4.78, 5) is 144. The van der Waals surface area contributed by atoms with E-state index in [4.69, 9.17) is 107 Å². The van der Waals surface area contributed by atoms with Gasteiger partial charge in [0.2, 0.25) is 0 Å². The minimum Gasteiger partial charge on any atom is -0.491 e. The number of para-hydroxylation sites is 4. The first-order valence-corrected chi connectivity index (χ1v) is 41.1. The van der Waals surface area contributed by atoms with Gasteiger partial charge in [0, 0.05) is 43.9 Å². The zero-order valence-electron chi connectivity index (χ0n) is 78.0. The molecule has 748 valence electrons. The van der Waals surface area contributed by atoms with Crippen LogP contribution in [0.2, 0.25) is 0 Å². The Labute approximate surface area is 776 Å². The van der Waals surface area contributed by atoms with Crippen molar-refractivity contribution in [2.75, 3.05) is 84.6 Å². The molecule has 26 N–H and O–H groups in total. The van der Waals surface area contributed by atoms with Crippen LogP contribution in [0.4, 0.5) is 87.6 Å². The molecule has 0 unspecified atom stereocenters. The number of alkyl halides is 2. The van der Waals surface area contributed by atoms with Gasteiger partial charge in [-0.05, 0) is 197 Å². The van der Waals surface area contributed by atoms with Crippen molar-refractivity contribution in [1.82, 2.24) is 41.9 Å². The van der Waals surface area contributed by atoms with Crippen molar-refractivity contribution in [3.8, 4) is 28.7 Å². The molecule has 48 heteroatoms. The Morgan fingerprint density at radius 2 is 0.733 bits per heavy atom. The van der Waals surface area contributed by atoms with Crippen molar-refractivity contribution in [3.05, 3.63) is 127 Å². The number of nitrogens with two attached hydrogens (primary N) is 6. The zero-order chi connectivity index (χ0) is 103. The molecule has 6 amide bonds. The molecule has 2 aromatic heterocycles. The van der Waals surface area contributed by atoms with Crippen molar-refractivity contribution in [2.24, 2.45) is 0 Å². The number of carboxylic acid groups (broad SMARTS) is 6. The molecular formula is C87H125F3N16O29. The van der Waals surface area contributed by atoms with Gasteiger partial charge < -0.3 is 160 Å². The van der Waals surface area contributed by atoms with Crippen LogP contribution in [-0.2, 0) is 57.2 Å². The highest BCUT2D eigenvalue weighted by Gasteiger charge is 2.33. The number of nitrogens with one attached hydrogen (secondary N) is 8. The van der Waals surface area contributed by atoms with Gasteiger partial charge in [-0.15, -0.1) is 0 Å². The molecule has 0 bridgehead atoms. The van der Waals surface area contributed by atoms with Gasteiger partial charge in [-0.2, -0.15) is 8.78 Å². The number of carbonyl (C=O) groups is 12. The van der Waals surface area contributed by atoms with Crippen LogP contribution in [0.25, 0.3) is 0 Å². The maximum absolute atomic E-state index is 12.9. The number of anilines is 8. The summed E-state index contributed by atoms with van der Waals surface area (Å²) in [5.41, 5.74) is 33.3. The highest BCUT2D eigenvalue weighted by molar-refractivity contribution is 5.84. The SMILES string of the molecule is CC(C)(C)OC(=O)N[C@@H](CCOc1ccccc1N)C(=O)O.CC(C)(C)OC(=O)N[C@@H](CNc1ccccc1N)C(=O)O.CC(C)(C)OC(=O)N[C@@H](CNc1ncc(F)cc1N)C(=O)O.CC(C)(C)OC(=O)N[C@@H](COc1cc(C2CC2)ccc1N)C(=O)O.CC(C)(C)OC(=O)N[C@@H](COc1cc(OC(F)F)ccc1N)C(=O)O.CC(C)(C)OC(=O)N[C@@H](COc1ccncc1N)C(=O)O. The van der Waals surface area contributed by atoms with Gasteiger partial charge in [0.25, 0.3) is 0 Å². The van der Waals surface area contributed by atoms with E-state index >= 15 is 0 Å². The van der Waals surface area contributed by atoms with E-state index in [2.05, 4.69) is 57.2 Å². The molecule has 4 aromatic carbocycles. The predicted molar refractivity (Wildman–Crippen MR) is 488 cm³/mol. The second-order valence-electron chi connectivity index (χ2n) is 34.8. The lowest BCUT2D eigenvalue weighted by Gasteiger charge is -2.22. The minimum atomic E-state index is -3.03. The Morgan fingerprint density at radius 3 is 1.10 bits per heavy atom. The average Bonchev–Trinajstić information content (AvgIpc) is 1.69. The molecule has 0 aliphatic heterocycles. The summed E-state index contributed by atoms with van der Waals surface area (Å²) in [7, 11) is 0. The summed E-state index contributed by atoms with van der Waals surface area (Å²) >= 11 is 0. The Balaban J connectivity index is 0.000000549. The van der Waals surface area contributed by atoms with E-state index in [1.165, 1.54) is 30.6 Å². The van der Waals surface area contributed by atoms with Crippen LogP contribution in [-0.4, -0.2) is 229 Å². The average molecular weight is 1920 g/mol. The topological polar surface area (TPSA) is 706 Å². The Bertz CT molecular complexity index is 4810. The fraction of sp³-hybridized carbons (Fsp3) is 0.471. The van der Waals surface area contributed by atoms with E-state index < -0.39 is 161 Å². The Morgan fingerprint density at radius 1 is 0.385 bits per heavy atom. The fourth-order valence-electron chi connectivity index (χ4n) is 9.66. The van der Waals surface area contributed by atoms with E-state index in [9.17, 15) is 75.8 Å². The Kier molecular flexibility index (Phi) is 46.3. The van der Waals surface area contributed by atoms with Gasteiger partial charge in [-0.1, -0.05) is 30.3 Å². The number of nitrogen functional groups attached to an aromatic ring is 6. The van der Waals surface area contributed by atoms with Crippen LogP contribution in [0.15, 0.2) is 116 Å². The molecule has 1 aliphatic carbocycles. The molecule has 0 saturated heterocycles. The maximum atomic E-state index is 12.9. The van der Waals surface area contributed by atoms with Crippen molar-refractivity contribution in [1.29, 1.82) is 0 Å². The molecule has 1 aliphatic rings. The first-order chi connectivity index (χ1) is 62.3.